The monoisotopic (exact) mass is 175 g/mol. The van der Waals surface area contributed by atoms with E-state index in [2.05, 4.69) is 10.1 Å². The minimum absolute atomic E-state index is 0.114. The molecule has 0 saturated carbocycles. The van der Waals surface area contributed by atoms with E-state index in [1.165, 1.54) is 0 Å². The van der Waals surface area contributed by atoms with Gasteiger partial charge in [-0.2, -0.15) is 5.10 Å². The molecule has 2 aromatic rings. The molecule has 0 fully saturated rings. The first-order valence-corrected chi connectivity index (χ1v) is 4.04. The SMILES string of the molecule is CC(=O)Cc1cc2ncccn2n1. The van der Waals surface area contributed by atoms with Crippen LogP contribution in [0.5, 0.6) is 0 Å². The Labute approximate surface area is 75.2 Å². The molecule has 4 nitrogen and oxygen atoms in total. The molecule has 2 rings (SSSR count). The van der Waals surface area contributed by atoms with Gasteiger partial charge in [-0.1, -0.05) is 0 Å². The van der Waals surface area contributed by atoms with Crippen molar-refractivity contribution in [2.75, 3.05) is 0 Å². The van der Waals surface area contributed by atoms with Crippen molar-refractivity contribution in [2.45, 2.75) is 13.3 Å². The molecule has 0 bridgehead atoms. The third-order valence-corrected chi connectivity index (χ3v) is 1.72. The number of rotatable bonds is 2. The van der Waals surface area contributed by atoms with Gasteiger partial charge in [0.1, 0.15) is 5.78 Å². The third-order valence-electron chi connectivity index (χ3n) is 1.72. The van der Waals surface area contributed by atoms with Crippen molar-refractivity contribution in [2.24, 2.45) is 0 Å². The third kappa shape index (κ3) is 1.56. The van der Waals surface area contributed by atoms with E-state index in [9.17, 15) is 4.79 Å². The number of Topliss-reactive ketones (excluding diaryl/α,β-unsaturated/α-hetero) is 1. The van der Waals surface area contributed by atoms with Gasteiger partial charge in [-0.05, 0) is 13.0 Å². The van der Waals surface area contributed by atoms with Crippen molar-refractivity contribution in [3.63, 3.8) is 0 Å². The second kappa shape index (κ2) is 2.97. The van der Waals surface area contributed by atoms with Gasteiger partial charge in [0.05, 0.1) is 12.1 Å². The van der Waals surface area contributed by atoms with E-state index in [1.54, 1.807) is 23.7 Å². The molecule has 0 radical (unpaired) electrons. The maximum atomic E-state index is 10.8. The lowest BCUT2D eigenvalue weighted by Crippen LogP contribution is -1.97. The molecule has 0 unspecified atom stereocenters. The van der Waals surface area contributed by atoms with E-state index in [-0.39, 0.29) is 5.78 Å². The van der Waals surface area contributed by atoms with E-state index in [0.29, 0.717) is 6.42 Å². The van der Waals surface area contributed by atoms with Gasteiger partial charge in [0.25, 0.3) is 0 Å². The lowest BCUT2D eigenvalue weighted by molar-refractivity contribution is -0.116. The Morgan fingerprint density at radius 3 is 3.15 bits per heavy atom. The van der Waals surface area contributed by atoms with Crippen LogP contribution in [0.2, 0.25) is 0 Å². The Morgan fingerprint density at radius 1 is 1.62 bits per heavy atom. The van der Waals surface area contributed by atoms with Gasteiger partial charge in [0.15, 0.2) is 5.65 Å². The van der Waals surface area contributed by atoms with Gasteiger partial charge in [0.2, 0.25) is 0 Å². The largest absolute Gasteiger partial charge is 0.300 e. The average Bonchev–Trinajstić information content (AvgIpc) is 2.44. The second-order valence-corrected chi connectivity index (χ2v) is 2.94. The minimum Gasteiger partial charge on any atom is -0.300 e. The summed E-state index contributed by atoms with van der Waals surface area (Å²) < 4.78 is 1.66. The molecular formula is C9H9N3O. The molecule has 0 aliphatic carbocycles. The van der Waals surface area contributed by atoms with Crippen LogP contribution in [0.1, 0.15) is 12.6 Å². The normalized spacial score (nSPS) is 10.5. The highest BCUT2D eigenvalue weighted by molar-refractivity contribution is 5.77. The smallest absolute Gasteiger partial charge is 0.155 e. The van der Waals surface area contributed by atoms with Gasteiger partial charge in [0, 0.05) is 18.5 Å². The first-order valence-electron chi connectivity index (χ1n) is 4.04. The molecule has 4 heteroatoms. The molecule has 0 aliphatic rings. The van der Waals surface area contributed by atoms with Crippen molar-refractivity contribution in [3.05, 3.63) is 30.2 Å². The molecule has 13 heavy (non-hydrogen) atoms. The number of hydrogen-bond acceptors (Lipinski definition) is 3. The molecule has 0 N–H and O–H groups in total. The predicted molar refractivity (Wildman–Crippen MR) is 47.4 cm³/mol. The quantitative estimate of drug-likeness (QED) is 0.680. The summed E-state index contributed by atoms with van der Waals surface area (Å²) in [5.74, 6) is 0.114. The van der Waals surface area contributed by atoms with Crippen LogP contribution in [0, 0.1) is 0 Å². The van der Waals surface area contributed by atoms with Crippen LogP contribution in [-0.2, 0) is 11.2 Å². The summed E-state index contributed by atoms with van der Waals surface area (Å²) in [6.07, 6.45) is 3.89. The maximum Gasteiger partial charge on any atom is 0.155 e. The maximum absolute atomic E-state index is 10.8. The number of nitrogens with zero attached hydrogens (tertiary/aromatic N) is 3. The topological polar surface area (TPSA) is 47.3 Å². The number of carbonyl (C=O) groups excluding carboxylic acids is 1. The first-order chi connectivity index (χ1) is 6.25. The summed E-state index contributed by atoms with van der Waals surface area (Å²) in [4.78, 5) is 14.9. The van der Waals surface area contributed by atoms with E-state index >= 15 is 0 Å². The van der Waals surface area contributed by atoms with Gasteiger partial charge < -0.3 is 0 Å². The molecular weight excluding hydrogens is 166 g/mol. The summed E-state index contributed by atoms with van der Waals surface area (Å²) in [5.41, 5.74) is 1.55. The fourth-order valence-electron chi connectivity index (χ4n) is 1.22. The standard InChI is InChI=1S/C9H9N3O/c1-7(13)5-8-6-9-10-3-2-4-12(9)11-8/h2-4,6H,5H2,1H3. The molecule has 0 amide bonds. The number of aromatic nitrogens is 3. The van der Waals surface area contributed by atoms with Gasteiger partial charge >= 0.3 is 0 Å². The molecule has 2 heterocycles. The van der Waals surface area contributed by atoms with Crippen LogP contribution >= 0.6 is 0 Å². The Balaban J connectivity index is 2.44. The van der Waals surface area contributed by atoms with Crippen LogP contribution in [0.4, 0.5) is 0 Å². The Bertz CT molecular complexity index is 414. The van der Waals surface area contributed by atoms with E-state index in [0.717, 1.165) is 11.3 Å². The van der Waals surface area contributed by atoms with Gasteiger partial charge in [-0.3, -0.25) is 4.79 Å². The molecule has 0 aromatic carbocycles. The molecule has 66 valence electrons. The highest BCUT2D eigenvalue weighted by atomic mass is 16.1. The second-order valence-electron chi connectivity index (χ2n) is 2.94. The minimum atomic E-state index is 0.114. The number of fused-ring (bicyclic) bond motifs is 1. The number of carbonyl (C=O) groups is 1. The van der Waals surface area contributed by atoms with Crippen molar-refractivity contribution >= 4 is 11.4 Å². The van der Waals surface area contributed by atoms with Crippen LogP contribution < -0.4 is 0 Å². The summed E-state index contributed by atoms with van der Waals surface area (Å²) >= 11 is 0. The van der Waals surface area contributed by atoms with E-state index < -0.39 is 0 Å². The van der Waals surface area contributed by atoms with Crippen molar-refractivity contribution in [3.8, 4) is 0 Å². The van der Waals surface area contributed by atoms with Crippen molar-refractivity contribution in [1.82, 2.24) is 14.6 Å². The summed E-state index contributed by atoms with van der Waals surface area (Å²) in [6, 6.07) is 3.62. The van der Waals surface area contributed by atoms with Crippen LogP contribution in [0.15, 0.2) is 24.5 Å². The zero-order valence-corrected chi connectivity index (χ0v) is 7.27. The van der Waals surface area contributed by atoms with Crippen molar-refractivity contribution < 1.29 is 4.79 Å². The van der Waals surface area contributed by atoms with E-state index in [1.807, 2.05) is 12.3 Å². The average molecular weight is 175 g/mol. The highest BCUT2D eigenvalue weighted by Gasteiger charge is 2.03. The van der Waals surface area contributed by atoms with Crippen molar-refractivity contribution in [1.29, 1.82) is 0 Å². The van der Waals surface area contributed by atoms with Crippen LogP contribution in [0.3, 0.4) is 0 Å². The zero-order chi connectivity index (χ0) is 9.26. The van der Waals surface area contributed by atoms with E-state index in [4.69, 9.17) is 0 Å². The van der Waals surface area contributed by atoms with Crippen LogP contribution in [-0.4, -0.2) is 20.4 Å². The lowest BCUT2D eigenvalue weighted by Gasteiger charge is -1.87. The molecule has 2 aromatic heterocycles. The highest BCUT2D eigenvalue weighted by Crippen LogP contribution is 2.03. The Hall–Kier alpha value is -1.71. The fraction of sp³-hybridized carbons (Fsp3) is 0.222. The summed E-state index contributed by atoms with van der Waals surface area (Å²) in [5, 5.41) is 4.19. The molecule has 0 atom stereocenters. The fourth-order valence-corrected chi connectivity index (χ4v) is 1.22. The molecule has 0 saturated heterocycles. The number of ketones is 1. The zero-order valence-electron chi connectivity index (χ0n) is 7.27. The summed E-state index contributed by atoms with van der Waals surface area (Å²) in [6.45, 7) is 1.55. The summed E-state index contributed by atoms with van der Waals surface area (Å²) in [7, 11) is 0. The Kier molecular flexibility index (Phi) is 1.81. The van der Waals surface area contributed by atoms with Gasteiger partial charge in [-0.15, -0.1) is 0 Å². The molecule has 0 spiro atoms. The van der Waals surface area contributed by atoms with Crippen LogP contribution in [0.25, 0.3) is 5.65 Å². The number of hydrogen-bond donors (Lipinski definition) is 0. The predicted octanol–water partition coefficient (Wildman–Crippen LogP) is 0.861. The van der Waals surface area contributed by atoms with Gasteiger partial charge in [-0.25, -0.2) is 9.50 Å². The lowest BCUT2D eigenvalue weighted by atomic mass is 10.2. The first kappa shape index (κ1) is 7.91. The Morgan fingerprint density at radius 2 is 2.46 bits per heavy atom. The molecule has 0 aliphatic heterocycles.